The molecule has 2 aromatic rings. The highest BCUT2D eigenvalue weighted by Gasteiger charge is 2.44. The quantitative estimate of drug-likeness (QED) is 0.820. The molecule has 2 aromatic carbocycles. The van der Waals surface area contributed by atoms with E-state index in [1.807, 2.05) is 30.3 Å². The summed E-state index contributed by atoms with van der Waals surface area (Å²) < 4.78 is 0. The summed E-state index contributed by atoms with van der Waals surface area (Å²) in [5, 5.41) is 25.2. The molecule has 3 rings (SSSR count). The van der Waals surface area contributed by atoms with Crippen molar-refractivity contribution in [3.63, 3.8) is 0 Å². The molecule has 0 saturated heterocycles. The van der Waals surface area contributed by atoms with E-state index >= 15 is 0 Å². The van der Waals surface area contributed by atoms with Gasteiger partial charge in [-0.3, -0.25) is 4.79 Å². The molecule has 0 bridgehead atoms. The number of hydrazone groups is 1. The fourth-order valence-corrected chi connectivity index (χ4v) is 3.43. The molecule has 2 atom stereocenters. The van der Waals surface area contributed by atoms with Gasteiger partial charge in [-0.05, 0) is 36.8 Å². The Morgan fingerprint density at radius 2 is 1.81 bits per heavy atom. The number of carbonyl (C=O) groups excluding carboxylic acids is 1. The molecule has 5 nitrogen and oxygen atoms in total. The zero-order valence-corrected chi connectivity index (χ0v) is 14.8. The molecule has 0 fully saturated rings. The maximum absolute atomic E-state index is 13.1. The molecular weight excluding hydrogens is 348 g/mol. The number of hydrogen-bond acceptors (Lipinski definition) is 4. The van der Waals surface area contributed by atoms with Crippen molar-refractivity contribution < 1.29 is 4.79 Å². The first-order valence-corrected chi connectivity index (χ1v) is 8.43. The van der Waals surface area contributed by atoms with Gasteiger partial charge in [-0.25, -0.2) is 5.01 Å². The van der Waals surface area contributed by atoms with Crippen LogP contribution in [-0.4, -0.2) is 11.6 Å². The maximum Gasteiger partial charge on any atom is 0.256 e. The summed E-state index contributed by atoms with van der Waals surface area (Å²) >= 11 is 6.09. The first-order chi connectivity index (χ1) is 12.6. The molecule has 0 saturated carbocycles. The van der Waals surface area contributed by atoms with E-state index in [0.29, 0.717) is 22.0 Å². The molecule has 0 aromatic heterocycles. The van der Waals surface area contributed by atoms with E-state index in [1.54, 1.807) is 43.3 Å². The molecule has 0 unspecified atom stereocenters. The van der Waals surface area contributed by atoms with E-state index < -0.39 is 17.8 Å². The van der Waals surface area contributed by atoms with Gasteiger partial charge in [0.05, 0.1) is 23.7 Å². The van der Waals surface area contributed by atoms with Gasteiger partial charge in [0.1, 0.15) is 5.92 Å². The predicted molar refractivity (Wildman–Crippen MR) is 99.4 cm³/mol. The van der Waals surface area contributed by atoms with Crippen molar-refractivity contribution in [1.82, 2.24) is 0 Å². The Bertz CT molecular complexity index is 928. The first kappa shape index (κ1) is 17.7. The maximum atomic E-state index is 13.1. The highest BCUT2D eigenvalue weighted by molar-refractivity contribution is 6.30. The van der Waals surface area contributed by atoms with Gasteiger partial charge in [0.25, 0.3) is 5.91 Å². The van der Waals surface area contributed by atoms with Gasteiger partial charge in [-0.2, -0.15) is 15.6 Å². The predicted octanol–water partition coefficient (Wildman–Crippen LogP) is 4.13. The van der Waals surface area contributed by atoms with Crippen LogP contribution >= 0.6 is 11.6 Å². The van der Waals surface area contributed by atoms with Crippen LogP contribution in [0.25, 0.3) is 0 Å². The Morgan fingerprint density at radius 3 is 2.42 bits per heavy atom. The summed E-state index contributed by atoms with van der Waals surface area (Å²) in [7, 11) is 0. The Hall–Kier alpha value is -3.15. The summed E-state index contributed by atoms with van der Waals surface area (Å²) in [5.74, 6) is -2.59. The molecule has 0 N–H and O–H groups in total. The Morgan fingerprint density at radius 1 is 1.12 bits per heavy atom. The first-order valence-electron chi connectivity index (χ1n) is 8.05. The fraction of sp³-hybridized carbons (Fsp3) is 0.200. The third-order valence-electron chi connectivity index (χ3n) is 4.41. The molecule has 0 aliphatic carbocycles. The van der Waals surface area contributed by atoms with Crippen LogP contribution in [0.1, 0.15) is 18.4 Å². The minimum Gasteiger partial charge on any atom is -0.272 e. The third kappa shape index (κ3) is 3.18. The van der Waals surface area contributed by atoms with Gasteiger partial charge < -0.3 is 0 Å². The summed E-state index contributed by atoms with van der Waals surface area (Å²) in [6.07, 6.45) is 0. The number of rotatable bonds is 4. The average Bonchev–Trinajstić information content (AvgIpc) is 2.95. The van der Waals surface area contributed by atoms with Crippen LogP contribution in [0, 0.1) is 34.5 Å². The molecule has 1 aliphatic rings. The Labute approximate surface area is 156 Å². The number of amides is 1. The van der Waals surface area contributed by atoms with E-state index in [0.717, 1.165) is 0 Å². The largest absolute Gasteiger partial charge is 0.272 e. The topological polar surface area (TPSA) is 80.2 Å². The summed E-state index contributed by atoms with van der Waals surface area (Å²) in [4.78, 5) is 13.1. The van der Waals surface area contributed by atoms with Gasteiger partial charge >= 0.3 is 0 Å². The van der Waals surface area contributed by atoms with Gasteiger partial charge in [-0.1, -0.05) is 41.9 Å². The number of halogens is 1. The van der Waals surface area contributed by atoms with Crippen molar-refractivity contribution in [1.29, 1.82) is 10.5 Å². The third-order valence-corrected chi connectivity index (χ3v) is 4.65. The van der Waals surface area contributed by atoms with Crippen molar-refractivity contribution in [2.24, 2.45) is 16.9 Å². The van der Waals surface area contributed by atoms with Gasteiger partial charge in [0.15, 0.2) is 0 Å². The van der Waals surface area contributed by atoms with Crippen molar-refractivity contribution >= 4 is 28.9 Å². The molecule has 26 heavy (non-hydrogen) atoms. The highest BCUT2D eigenvalue weighted by atomic mass is 35.5. The monoisotopic (exact) mass is 362 g/mol. The van der Waals surface area contributed by atoms with E-state index in [-0.39, 0.29) is 5.91 Å². The fourth-order valence-electron chi connectivity index (χ4n) is 3.23. The van der Waals surface area contributed by atoms with Crippen molar-refractivity contribution in [2.45, 2.75) is 12.8 Å². The molecule has 1 amide bonds. The van der Waals surface area contributed by atoms with Crippen molar-refractivity contribution in [2.75, 3.05) is 5.01 Å². The second-order valence-corrected chi connectivity index (χ2v) is 6.46. The van der Waals surface area contributed by atoms with Crippen LogP contribution < -0.4 is 5.01 Å². The second kappa shape index (κ2) is 7.39. The number of nitriles is 2. The molecule has 6 heteroatoms. The molecule has 128 valence electrons. The van der Waals surface area contributed by atoms with E-state index in [1.165, 1.54) is 5.01 Å². The SMILES string of the molecule is CC1=NN(c2ccccc2)C(=O)[C@@H]1[C@@H](c1cccc(Cl)c1)C(C#N)C#N. The lowest BCUT2D eigenvalue weighted by atomic mass is 9.76. The molecular formula is C20H15ClN4O. The number of carbonyl (C=O) groups is 1. The standard InChI is InChI=1S/C20H15ClN4O/c1-13-18(20(26)25(24-13)17-8-3-2-4-9-17)19(15(11-22)12-23)14-6-5-7-16(21)10-14/h2-10,15,18-19H,1H3/t18-,19-/m0/s1. The number of hydrogen-bond donors (Lipinski definition) is 0. The van der Waals surface area contributed by atoms with Crippen LogP contribution in [0.5, 0.6) is 0 Å². The van der Waals surface area contributed by atoms with E-state index in [4.69, 9.17) is 11.6 Å². The number of para-hydroxylation sites is 1. The lowest BCUT2D eigenvalue weighted by molar-refractivity contribution is -0.120. The van der Waals surface area contributed by atoms with Crippen LogP contribution in [0.4, 0.5) is 5.69 Å². The summed E-state index contributed by atoms with van der Waals surface area (Å²) in [5.41, 5.74) is 1.89. The van der Waals surface area contributed by atoms with E-state index in [2.05, 4.69) is 5.10 Å². The second-order valence-electron chi connectivity index (χ2n) is 6.02. The van der Waals surface area contributed by atoms with E-state index in [9.17, 15) is 15.3 Å². The van der Waals surface area contributed by atoms with Crippen molar-refractivity contribution in [3.05, 3.63) is 65.2 Å². The number of anilines is 1. The van der Waals surface area contributed by atoms with Crippen molar-refractivity contribution in [3.8, 4) is 12.1 Å². The van der Waals surface area contributed by atoms with Gasteiger partial charge in [0.2, 0.25) is 0 Å². The molecule has 1 heterocycles. The minimum absolute atomic E-state index is 0.255. The molecule has 0 radical (unpaired) electrons. The molecule has 0 spiro atoms. The van der Waals surface area contributed by atoms with Crippen LogP contribution in [0.2, 0.25) is 5.02 Å². The Balaban J connectivity index is 2.05. The van der Waals surface area contributed by atoms with Gasteiger partial charge in [-0.15, -0.1) is 0 Å². The highest BCUT2D eigenvalue weighted by Crippen LogP contribution is 2.39. The normalized spacial score (nSPS) is 17.6. The minimum atomic E-state index is -0.997. The van der Waals surface area contributed by atoms with Crippen LogP contribution in [0.15, 0.2) is 59.7 Å². The zero-order valence-electron chi connectivity index (χ0n) is 14.0. The summed E-state index contributed by atoms with van der Waals surface area (Å²) in [6, 6.07) is 20.0. The number of benzene rings is 2. The zero-order chi connectivity index (χ0) is 18.7. The van der Waals surface area contributed by atoms with Crippen LogP contribution in [-0.2, 0) is 4.79 Å². The lowest BCUT2D eigenvalue weighted by Gasteiger charge is -2.24. The Kier molecular flexibility index (Phi) is 5.02. The van der Waals surface area contributed by atoms with Gasteiger partial charge in [0, 0.05) is 16.7 Å². The number of nitrogens with zero attached hydrogens (tertiary/aromatic N) is 4. The average molecular weight is 363 g/mol. The summed E-state index contributed by atoms with van der Waals surface area (Å²) in [6.45, 7) is 1.74. The molecule has 1 aliphatic heterocycles. The van der Waals surface area contributed by atoms with Crippen LogP contribution in [0.3, 0.4) is 0 Å². The smallest absolute Gasteiger partial charge is 0.256 e. The lowest BCUT2D eigenvalue weighted by Crippen LogP contribution is -2.34.